The molecule has 10 heteroatoms. The summed E-state index contributed by atoms with van der Waals surface area (Å²) in [6.45, 7) is 6.10. The van der Waals surface area contributed by atoms with E-state index in [1.165, 1.54) is 0 Å². The van der Waals surface area contributed by atoms with E-state index in [0.717, 1.165) is 35.8 Å². The van der Waals surface area contributed by atoms with E-state index in [0.29, 0.717) is 18.1 Å². The van der Waals surface area contributed by atoms with Gasteiger partial charge in [-0.25, -0.2) is 0 Å². The van der Waals surface area contributed by atoms with Gasteiger partial charge in [-0.3, -0.25) is 4.79 Å². The summed E-state index contributed by atoms with van der Waals surface area (Å²) in [5.74, 6) is 0.210. The number of allylic oxidation sites excluding steroid dienone is 1. The highest BCUT2D eigenvalue weighted by atomic mass is 35.5. The molecule has 0 saturated heterocycles. The van der Waals surface area contributed by atoms with Gasteiger partial charge >= 0.3 is 6.18 Å². The zero-order valence-corrected chi connectivity index (χ0v) is 15.4. The first-order valence-corrected chi connectivity index (χ1v) is 8.95. The molecule has 0 spiro atoms. The molecule has 1 amide bonds. The smallest absolute Gasteiger partial charge is 0.324 e. The Morgan fingerprint density at radius 3 is 2.77 bits per heavy atom. The number of rotatable bonds is 7. The molecule has 2 rings (SSSR count). The molecule has 0 radical (unpaired) electrons. The van der Waals surface area contributed by atoms with E-state index in [1.807, 2.05) is 11.5 Å². The standard InChI is InChI=1S/C16H16ClF3N4OS/c1-3-7-24-13(4-2)22-23-15(24)26-9-14(25)21-12-8-10(16(18,19)20)5-6-11(12)17/h3,5-6,8H,1,4,7,9H2,2H3,(H,21,25). The van der Waals surface area contributed by atoms with E-state index in [1.54, 1.807) is 6.08 Å². The fraction of sp³-hybridized carbons (Fsp3) is 0.312. The van der Waals surface area contributed by atoms with Crippen molar-refractivity contribution >= 4 is 35.0 Å². The number of aryl methyl sites for hydroxylation is 1. The highest BCUT2D eigenvalue weighted by Gasteiger charge is 2.31. The second kappa shape index (κ2) is 8.59. The molecule has 1 heterocycles. The summed E-state index contributed by atoms with van der Waals surface area (Å²) in [6, 6.07) is 2.76. The van der Waals surface area contributed by atoms with Gasteiger partial charge in [0.2, 0.25) is 5.91 Å². The summed E-state index contributed by atoms with van der Waals surface area (Å²) in [5.41, 5.74) is -0.975. The fourth-order valence-corrected chi connectivity index (χ4v) is 3.05. The van der Waals surface area contributed by atoms with Gasteiger partial charge in [0.25, 0.3) is 0 Å². The summed E-state index contributed by atoms with van der Waals surface area (Å²) < 4.78 is 40.1. The Balaban J connectivity index is 2.06. The first kappa shape index (κ1) is 20.3. The quantitative estimate of drug-likeness (QED) is 0.548. The van der Waals surface area contributed by atoms with Crippen LogP contribution in [-0.4, -0.2) is 26.4 Å². The molecule has 1 aromatic carbocycles. The molecule has 0 unspecified atom stereocenters. The van der Waals surface area contributed by atoms with Crippen LogP contribution in [-0.2, 0) is 23.9 Å². The lowest BCUT2D eigenvalue weighted by molar-refractivity contribution is -0.137. The molecule has 2 aromatic rings. The highest BCUT2D eigenvalue weighted by molar-refractivity contribution is 7.99. The van der Waals surface area contributed by atoms with E-state index >= 15 is 0 Å². The van der Waals surface area contributed by atoms with Crippen molar-refractivity contribution in [3.05, 3.63) is 47.3 Å². The number of aromatic nitrogens is 3. The van der Waals surface area contributed by atoms with Crippen molar-refractivity contribution in [2.45, 2.75) is 31.2 Å². The van der Waals surface area contributed by atoms with Gasteiger partial charge in [0, 0.05) is 13.0 Å². The lowest BCUT2D eigenvalue weighted by atomic mass is 10.2. The molecular weight excluding hydrogens is 389 g/mol. The van der Waals surface area contributed by atoms with Crippen molar-refractivity contribution in [2.75, 3.05) is 11.1 Å². The van der Waals surface area contributed by atoms with E-state index in [-0.39, 0.29) is 16.5 Å². The van der Waals surface area contributed by atoms with Crippen molar-refractivity contribution in [1.29, 1.82) is 0 Å². The Bertz CT molecular complexity index is 807. The minimum absolute atomic E-state index is 0.0273. The number of hydrogen-bond acceptors (Lipinski definition) is 4. The maximum Gasteiger partial charge on any atom is 0.416 e. The van der Waals surface area contributed by atoms with Gasteiger partial charge in [0.15, 0.2) is 5.16 Å². The van der Waals surface area contributed by atoms with Gasteiger partial charge in [-0.1, -0.05) is 36.4 Å². The van der Waals surface area contributed by atoms with Crippen LogP contribution in [0, 0.1) is 0 Å². The SMILES string of the molecule is C=CCn1c(CC)nnc1SCC(=O)Nc1cc(C(F)(F)F)ccc1Cl. The van der Waals surface area contributed by atoms with E-state index < -0.39 is 17.6 Å². The average molecular weight is 405 g/mol. The predicted molar refractivity (Wildman–Crippen MR) is 95.4 cm³/mol. The summed E-state index contributed by atoms with van der Waals surface area (Å²) >= 11 is 7.00. The van der Waals surface area contributed by atoms with Crippen LogP contribution in [0.3, 0.4) is 0 Å². The maximum absolute atomic E-state index is 12.8. The highest BCUT2D eigenvalue weighted by Crippen LogP contribution is 2.34. The van der Waals surface area contributed by atoms with Crippen LogP contribution in [0.1, 0.15) is 18.3 Å². The van der Waals surface area contributed by atoms with Gasteiger partial charge in [0.1, 0.15) is 5.82 Å². The number of benzene rings is 1. The van der Waals surface area contributed by atoms with Crippen molar-refractivity contribution < 1.29 is 18.0 Å². The molecule has 140 valence electrons. The van der Waals surface area contributed by atoms with Crippen LogP contribution >= 0.6 is 23.4 Å². The monoisotopic (exact) mass is 404 g/mol. The van der Waals surface area contributed by atoms with Gasteiger partial charge in [0.05, 0.1) is 22.0 Å². The molecule has 26 heavy (non-hydrogen) atoms. The Kier molecular flexibility index (Phi) is 6.71. The number of halogens is 4. The Labute approximate surface area is 157 Å². The van der Waals surface area contributed by atoms with Crippen LogP contribution in [0.4, 0.5) is 18.9 Å². The number of nitrogens with zero attached hydrogens (tertiary/aromatic N) is 3. The first-order chi connectivity index (χ1) is 12.3. The van der Waals surface area contributed by atoms with Crippen LogP contribution in [0.5, 0.6) is 0 Å². The second-order valence-corrected chi connectivity index (χ2v) is 6.53. The van der Waals surface area contributed by atoms with Crippen LogP contribution < -0.4 is 5.32 Å². The molecule has 0 aliphatic rings. The minimum atomic E-state index is -4.52. The van der Waals surface area contributed by atoms with E-state index in [9.17, 15) is 18.0 Å². The molecule has 0 bridgehead atoms. The van der Waals surface area contributed by atoms with E-state index in [2.05, 4.69) is 22.1 Å². The third kappa shape index (κ3) is 5.01. The van der Waals surface area contributed by atoms with Crippen molar-refractivity contribution in [2.24, 2.45) is 0 Å². The van der Waals surface area contributed by atoms with Crippen molar-refractivity contribution in [3.63, 3.8) is 0 Å². The summed E-state index contributed by atoms with van der Waals surface area (Å²) in [5, 5.41) is 11.0. The molecule has 0 saturated carbocycles. The third-order valence-electron chi connectivity index (χ3n) is 3.32. The number of amides is 1. The van der Waals surface area contributed by atoms with Gasteiger partial charge in [-0.2, -0.15) is 13.2 Å². The number of carbonyl (C=O) groups is 1. The van der Waals surface area contributed by atoms with Crippen LogP contribution in [0.15, 0.2) is 36.0 Å². The number of nitrogens with one attached hydrogen (secondary N) is 1. The molecule has 5 nitrogen and oxygen atoms in total. The lowest BCUT2D eigenvalue weighted by Crippen LogP contribution is -2.16. The minimum Gasteiger partial charge on any atom is -0.324 e. The topological polar surface area (TPSA) is 59.8 Å². The largest absolute Gasteiger partial charge is 0.416 e. The average Bonchev–Trinajstić information content (AvgIpc) is 2.96. The van der Waals surface area contributed by atoms with E-state index in [4.69, 9.17) is 11.6 Å². The maximum atomic E-state index is 12.8. The number of anilines is 1. The van der Waals surface area contributed by atoms with Crippen molar-refractivity contribution in [1.82, 2.24) is 14.8 Å². The van der Waals surface area contributed by atoms with Crippen LogP contribution in [0.2, 0.25) is 5.02 Å². The Morgan fingerprint density at radius 2 is 2.15 bits per heavy atom. The second-order valence-electron chi connectivity index (χ2n) is 5.18. The number of alkyl halides is 3. The Hall–Kier alpha value is -2.00. The molecule has 0 aliphatic heterocycles. The van der Waals surface area contributed by atoms with Gasteiger partial charge in [-0.15, -0.1) is 16.8 Å². The fourth-order valence-electron chi connectivity index (χ4n) is 2.11. The molecule has 0 aliphatic carbocycles. The number of thioether (sulfide) groups is 1. The summed E-state index contributed by atoms with van der Waals surface area (Å²) in [7, 11) is 0. The number of hydrogen-bond donors (Lipinski definition) is 1. The predicted octanol–water partition coefficient (Wildman–Crippen LogP) is 4.43. The van der Waals surface area contributed by atoms with Gasteiger partial charge in [-0.05, 0) is 18.2 Å². The molecule has 1 N–H and O–H groups in total. The molecule has 1 aromatic heterocycles. The van der Waals surface area contributed by atoms with Gasteiger partial charge < -0.3 is 9.88 Å². The summed E-state index contributed by atoms with van der Waals surface area (Å²) in [4.78, 5) is 12.1. The molecule has 0 fully saturated rings. The normalized spacial score (nSPS) is 11.4. The molecule has 0 atom stereocenters. The Morgan fingerprint density at radius 1 is 1.42 bits per heavy atom. The molecular formula is C16H16ClF3N4OS. The first-order valence-electron chi connectivity index (χ1n) is 7.58. The van der Waals surface area contributed by atoms with Crippen LogP contribution in [0.25, 0.3) is 0 Å². The van der Waals surface area contributed by atoms with Crippen molar-refractivity contribution in [3.8, 4) is 0 Å². The lowest BCUT2D eigenvalue weighted by Gasteiger charge is -2.11. The third-order valence-corrected chi connectivity index (χ3v) is 4.62. The zero-order chi connectivity index (χ0) is 19.3. The number of carbonyl (C=O) groups excluding carboxylic acids is 1. The summed E-state index contributed by atoms with van der Waals surface area (Å²) in [6.07, 6.45) is -2.15. The zero-order valence-electron chi connectivity index (χ0n) is 13.8.